The normalized spacial score (nSPS) is 16.3. The first-order chi connectivity index (χ1) is 10.1. The molecular weight excluding hydrogens is 450 g/mol. The van der Waals surface area contributed by atoms with Crippen molar-refractivity contribution in [3.8, 4) is 5.75 Å². The van der Waals surface area contributed by atoms with Crippen LogP contribution in [-0.2, 0) is 11.3 Å². The van der Waals surface area contributed by atoms with Crippen molar-refractivity contribution in [1.82, 2.24) is 0 Å². The van der Waals surface area contributed by atoms with Crippen molar-refractivity contribution in [3.05, 3.63) is 26.8 Å². The molecule has 1 aromatic rings. The molecule has 1 unspecified atom stereocenters. The Labute approximate surface area is 165 Å². The fourth-order valence-electron chi connectivity index (χ4n) is 2.90. The number of rotatable bonds is 6. The molecule has 0 amide bonds. The van der Waals surface area contributed by atoms with Gasteiger partial charge in [-0.3, -0.25) is 0 Å². The van der Waals surface area contributed by atoms with Gasteiger partial charge in [0.25, 0.3) is 0 Å². The van der Waals surface area contributed by atoms with E-state index in [0.717, 1.165) is 50.5 Å². The molecule has 0 aromatic heterocycles. The van der Waals surface area contributed by atoms with Gasteiger partial charge in [-0.05, 0) is 47.2 Å². The molecule has 7 heteroatoms. The van der Waals surface area contributed by atoms with Crippen molar-refractivity contribution in [2.45, 2.75) is 19.9 Å². The van der Waals surface area contributed by atoms with Crippen LogP contribution in [0.1, 0.15) is 17.5 Å². The molecular formula is C16H27Cl2IN2O2. The fraction of sp³-hybridized carbons (Fsp3) is 0.625. The largest absolute Gasteiger partial charge is 1.00 e. The molecule has 2 rings (SSSR count). The number of hydrogen-bond acceptors (Lipinski definition) is 2. The lowest BCUT2D eigenvalue weighted by Gasteiger charge is -2.24. The predicted molar refractivity (Wildman–Crippen MR) is 92.0 cm³/mol. The molecule has 1 saturated heterocycles. The summed E-state index contributed by atoms with van der Waals surface area (Å²) in [6, 6.07) is 4.12. The molecule has 1 heterocycles. The summed E-state index contributed by atoms with van der Waals surface area (Å²) in [6.45, 7) is 9.36. The van der Waals surface area contributed by atoms with Crippen LogP contribution in [0.5, 0.6) is 5.75 Å². The van der Waals surface area contributed by atoms with Crippen LogP contribution in [0.4, 0.5) is 0 Å². The topological polar surface area (TPSA) is 38.3 Å². The summed E-state index contributed by atoms with van der Waals surface area (Å²) in [5.74, 6) is 0.466. The highest BCUT2D eigenvalue weighted by atomic mass is 127. The van der Waals surface area contributed by atoms with Gasteiger partial charge in [-0.25, -0.2) is 0 Å². The molecule has 134 valence electrons. The maximum absolute atomic E-state index is 10.2. The average molecular weight is 477 g/mol. The Morgan fingerprint density at radius 1 is 1.26 bits per heavy atom. The highest BCUT2D eigenvalue weighted by molar-refractivity contribution is 14.1. The van der Waals surface area contributed by atoms with E-state index in [1.165, 1.54) is 21.4 Å². The van der Waals surface area contributed by atoms with E-state index in [-0.39, 0.29) is 24.8 Å². The van der Waals surface area contributed by atoms with Gasteiger partial charge in [0.15, 0.2) is 0 Å². The molecule has 1 atom stereocenters. The highest BCUT2D eigenvalue weighted by Crippen LogP contribution is 2.24. The third-order valence-electron chi connectivity index (χ3n) is 4.17. The van der Waals surface area contributed by atoms with Crippen LogP contribution in [0, 0.1) is 10.5 Å². The van der Waals surface area contributed by atoms with Gasteiger partial charge in [0.05, 0.1) is 33.4 Å². The number of phenols is 1. The van der Waals surface area contributed by atoms with Crippen molar-refractivity contribution >= 4 is 22.6 Å². The molecule has 3 N–H and O–H groups in total. The van der Waals surface area contributed by atoms with Gasteiger partial charge in [-0.1, -0.05) is 0 Å². The molecule has 0 aliphatic carbocycles. The number of nitrogens with one attached hydrogen (secondary N) is 2. The Morgan fingerprint density at radius 2 is 1.91 bits per heavy atom. The number of halogens is 3. The zero-order valence-electron chi connectivity index (χ0n) is 13.8. The Balaban J connectivity index is 0.00000242. The van der Waals surface area contributed by atoms with E-state index < -0.39 is 0 Å². The van der Waals surface area contributed by atoms with Crippen LogP contribution in [0.2, 0.25) is 0 Å². The van der Waals surface area contributed by atoms with Gasteiger partial charge in [-0.15, -0.1) is 0 Å². The molecule has 1 fully saturated rings. The van der Waals surface area contributed by atoms with E-state index >= 15 is 0 Å². The van der Waals surface area contributed by atoms with Crippen LogP contribution in [0.3, 0.4) is 0 Å². The van der Waals surface area contributed by atoms with E-state index in [9.17, 15) is 5.11 Å². The Kier molecular flexibility index (Phi) is 11.8. The van der Waals surface area contributed by atoms with Crippen molar-refractivity contribution < 1.29 is 44.5 Å². The molecule has 1 aliphatic rings. The lowest BCUT2D eigenvalue weighted by Crippen LogP contribution is -3.15. The van der Waals surface area contributed by atoms with Gasteiger partial charge in [-0.2, -0.15) is 0 Å². The maximum Gasteiger partial charge on any atom is 0.127 e. The number of quaternary nitrogens is 2. The minimum Gasteiger partial charge on any atom is -1.00 e. The van der Waals surface area contributed by atoms with Gasteiger partial charge in [0.1, 0.15) is 25.4 Å². The molecule has 0 bridgehead atoms. The second-order valence-electron chi connectivity index (χ2n) is 6.08. The summed E-state index contributed by atoms with van der Waals surface area (Å²) in [4.78, 5) is 3.13. The number of aryl methyl sites for hydroxylation is 1. The Bertz CT molecular complexity index is 472. The second-order valence-corrected chi connectivity index (χ2v) is 7.33. The maximum atomic E-state index is 10.2. The second kappa shape index (κ2) is 11.7. The lowest BCUT2D eigenvalue weighted by molar-refractivity contribution is -0.921. The molecule has 0 spiro atoms. The van der Waals surface area contributed by atoms with E-state index in [0.29, 0.717) is 5.75 Å². The standard InChI is InChI=1S/C16H25IN2O2.2ClH/c1-13-10-15(17)11-14(16(13)20)12-18(2)4-3-5-19-6-8-21-9-7-19;;/h10-11,20H,3-9,12H2,1-2H3;2*1H. The first kappa shape index (κ1) is 23.2. The van der Waals surface area contributed by atoms with Crippen molar-refractivity contribution in [1.29, 1.82) is 0 Å². The fourth-order valence-corrected chi connectivity index (χ4v) is 3.75. The summed E-state index contributed by atoms with van der Waals surface area (Å²) in [6.07, 6.45) is 1.23. The number of aromatic hydroxyl groups is 1. The van der Waals surface area contributed by atoms with Crippen LogP contribution in [-0.4, -0.2) is 51.5 Å². The molecule has 1 aromatic carbocycles. The summed E-state index contributed by atoms with van der Waals surface area (Å²) in [7, 11) is 2.21. The highest BCUT2D eigenvalue weighted by Gasteiger charge is 2.15. The first-order valence-electron chi connectivity index (χ1n) is 7.77. The van der Waals surface area contributed by atoms with E-state index in [1.807, 2.05) is 13.0 Å². The summed E-state index contributed by atoms with van der Waals surface area (Å²) in [5.41, 5.74) is 2.04. The quantitative estimate of drug-likeness (QED) is 0.357. The number of benzene rings is 1. The number of ether oxygens (including phenoxy) is 1. The van der Waals surface area contributed by atoms with Gasteiger partial charge in [0, 0.05) is 15.6 Å². The van der Waals surface area contributed by atoms with Crippen LogP contribution < -0.4 is 34.6 Å². The molecule has 4 nitrogen and oxygen atoms in total. The van der Waals surface area contributed by atoms with Gasteiger partial charge in [0.2, 0.25) is 0 Å². The number of hydrogen-bond donors (Lipinski definition) is 3. The Morgan fingerprint density at radius 3 is 2.57 bits per heavy atom. The first-order valence-corrected chi connectivity index (χ1v) is 8.84. The number of phenolic OH excluding ortho intramolecular Hbond substituents is 1. The van der Waals surface area contributed by atoms with Crippen molar-refractivity contribution in [2.24, 2.45) is 0 Å². The lowest BCUT2D eigenvalue weighted by atomic mass is 10.1. The smallest absolute Gasteiger partial charge is 0.127 e. The predicted octanol–water partition coefficient (Wildman–Crippen LogP) is -6.37. The van der Waals surface area contributed by atoms with Gasteiger partial charge < -0.3 is 44.5 Å². The van der Waals surface area contributed by atoms with Crippen LogP contribution in [0.15, 0.2) is 12.1 Å². The molecule has 0 radical (unpaired) electrons. The van der Waals surface area contributed by atoms with Crippen molar-refractivity contribution in [3.63, 3.8) is 0 Å². The summed E-state index contributed by atoms with van der Waals surface area (Å²) >= 11 is 2.32. The van der Waals surface area contributed by atoms with E-state index in [4.69, 9.17) is 4.74 Å². The molecule has 0 saturated carbocycles. The van der Waals surface area contributed by atoms with E-state index in [1.54, 1.807) is 4.90 Å². The molecule has 1 aliphatic heterocycles. The third kappa shape index (κ3) is 7.75. The molecule has 23 heavy (non-hydrogen) atoms. The Hall–Kier alpha value is 0.210. The monoisotopic (exact) mass is 476 g/mol. The third-order valence-corrected chi connectivity index (χ3v) is 4.79. The summed E-state index contributed by atoms with van der Waals surface area (Å²) in [5, 5.41) is 10.2. The van der Waals surface area contributed by atoms with Crippen LogP contribution >= 0.6 is 22.6 Å². The minimum atomic E-state index is 0. The number of morpholine rings is 1. The zero-order valence-corrected chi connectivity index (χ0v) is 17.5. The SMILES string of the molecule is Cc1cc(I)cc(C[NH+](C)CCC[NH+]2CCOCC2)c1O.[Cl-].[Cl-]. The zero-order chi connectivity index (χ0) is 15.2. The van der Waals surface area contributed by atoms with Crippen molar-refractivity contribution in [2.75, 3.05) is 46.4 Å². The minimum absolute atomic E-state index is 0. The van der Waals surface area contributed by atoms with E-state index in [2.05, 4.69) is 35.7 Å². The average Bonchev–Trinajstić information content (AvgIpc) is 2.45. The van der Waals surface area contributed by atoms with Crippen LogP contribution in [0.25, 0.3) is 0 Å². The van der Waals surface area contributed by atoms with Gasteiger partial charge >= 0.3 is 0 Å². The summed E-state index contributed by atoms with van der Waals surface area (Å²) < 4.78 is 6.58.